The van der Waals surface area contributed by atoms with E-state index in [0.717, 1.165) is 10.4 Å². The molecule has 1 atom stereocenters. The van der Waals surface area contributed by atoms with Crippen molar-refractivity contribution in [2.75, 3.05) is 13.6 Å². The molecule has 1 aromatic rings. The van der Waals surface area contributed by atoms with Gasteiger partial charge in [0.2, 0.25) is 10.0 Å². The van der Waals surface area contributed by atoms with Gasteiger partial charge in [-0.15, -0.1) is 11.3 Å². The molecule has 1 aromatic heterocycles. The predicted molar refractivity (Wildman–Crippen MR) is 85.6 cm³/mol. The van der Waals surface area contributed by atoms with Crippen LogP contribution in [0.2, 0.25) is 0 Å². The summed E-state index contributed by atoms with van der Waals surface area (Å²) in [5.41, 5.74) is 0.899. The Kier molecular flexibility index (Phi) is 5.78. The van der Waals surface area contributed by atoms with Crippen LogP contribution in [-0.4, -0.2) is 22.0 Å². The van der Waals surface area contributed by atoms with E-state index in [9.17, 15) is 8.42 Å². The van der Waals surface area contributed by atoms with E-state index < -0.39 is 10.0 Å². The van der Waals surface area contributed by atoms with Crippen molar-refractivity contribution in [3.05, 3.63) is 15.8 Å². The van der Waals surface area contributed by atoms with Gasteiger partial charge in [0.15, 0.2) is 0 Å². The summed E-state index contributed by atoms with van der Waals surface area (Å²) in [5.74, 6) is 0.268. The molecule has 0 aliphatic carbocycles. The Morgan fingerprint density at radius 1 is 1.35 bits per heavy atom. The zero-order chi connectivity index (χ0) is 15.6. The van der Waals surface area contributed by atoms with Crippen LogP contribution in [0.4, 0.5) is 0 Å². The van der Waals surface area contributed by atoms with E-state index in [1.54, 1.807) is 0 Å². The molecule has 0 amide bonds. The third kappa shape index (κ3) is 4.28. The molecule has 0 bridgehead atoms. The van der Waals surface area contributed by atoms with Crippen molar-refractivity contribution < 1.29 is 8.42 Å². The molecule has 1 heterocycles. The Morgan fingerprint density at radius 3 is 2.45 bits per heavy atom. The largest absolute Gasteiger partial charge is 0.315 e. The Morgan fingerprint density at radius 2 is 1.95 bits per heavy atom. The first-order valence-corrected chi connectivity index (χ1v) is 9.17. The number of thiophene rings is 1. The highest BCUT2D eigenvalue weighted by Crippen LogP contribution is 2.28. The summed E-state index contributed by atoms with van der Waals surface area (Å²) in [5, 5.41) is 4.91. The highest BCUT2D eigenvalue weighted by Gasteiger charge is 2.26. The lowest BCUT2D eigenvalue weighted by molar-refractivity contribution is 0.263. The van der Waals surface area contributed by atoms with Crippen LogP contribution < -0.4 is 10.0 Å². The molecule has 1 rings (SSSR count). The first-order chi connectivity index (χ1) is 9.09. The molecule has 4 nitrogen and oxygen atoms in total. The second-order valence-corrected chi connectivity index (χ2v) is 8.99. The number of nitrogens with one attached hydrogen (secondary N) is 2. The summed E-state index contributed by atoms with van der Waals surface area (Å²) in [6, 6.07) is 0. The number of hydrogen-bond acceptors (Lipinski definition) is 4. The van der Waals surface area contributed by atoms with Crippen LogP contribution in [0.1, 0.15) is 38.1 Å². The topological polar surface area (TPSA) is 58.2 Å². The molecule has 0 aliphatic rings. The molecule has 0 saturated heterocycles. The van der Waals surface area contributed by atoms with Crippen LogP contribution >= 0.6 is 11.3 Å². The maximum Gasteiger partial charge on any atom is 0.241 e. The second-order valence-electron chi connectivity index (χ2n) is 6.32. The van der Waals surface area contributed by atoms with Gasteiger partial charge in [-0.05, 0) is 36.2 Å². The molecule has 20 heavy (non-hydrogen) atoms. The molecule has 0 radical (unpaired) electrons. The van der Waals surface area contributed by atoms with Crippen LogP contribution in [0.3, 0.4) is 0 Å². The fraction of sp³-hybridized carbons (Fsp3) is 0.714. The molecular weight excluding hydrogens is 292 g/mol. The summed E-state index contributed by atoms with van der Waals surface area (Å²) < 4.78 is 27.8. The van der Waals surface area contributed by atoms with Gasteiger partial charge in [0.1, 0.15) is 4.90 Å². The van der Waals surface area contributed by atoms with Crippen molar-refractivity contribution in [2.45, 2.75) is 46.1 Å². The van der Waals surface area contributed by atoms with Crippen molar-refractivity contribution in [1.82, 2.24) is 10.0 Å². The molecular formula is C14H26N2O2S2. The molecule has 1 unspecified atom stereocenters. The Labute approximate surface area is 127 Å². The van der Waals surface area contributed by atoms with E-state index in [4.69, 9.17) is 0 Å². The Bertz CT molecular complexity index is 542. The van der Waals surface area contributed by atoms with Gasteiger partial charge in [0.25, 0.3) is 0 Å². The van der Waals surface area contributed by atoms with Gasteiger partial charge in [-0.1, -0.05) is 27.7 Å². The van der Waals surface area contributed by atoms with E-state index >= 15 is 0 Å². The zero-order valence-corrected chi connectivity index (χ0v) is 14.8. The lowest BCUT2D eigenvalue weighted by Crippen LogP contribution is -2.34. The summed E-state index contributed by atoms with van der Waals surface area (Å²) in [6.07, 6.45) is 0. The number of rotatable bonds is 6. The minimum Gasteiger partial charge on any atom is -0.315 e. The fourth-order valence-corrected chi connectivity index (χ4v) is 4.69. The van der Waals surface area contributed by atoms with Crippen LogP contribution in [0, 0.1) is 18.3 Å². The smallest absolute Gasteiger partial charge is 0.241 e. The summed E-state index contributed by atoms with van der Waals surface area (Å²) >= 11 is 1.49. The average Bonchev–Trinajstić information content (AvgIpc) is 2.67. The molecule has 6 heteroatoms. The standard InChI is InChI=1S/C14H26N2O2S2/c1-10-9-19-12(8-15-6)13(10)20(17,18)16-7-11(2)14(3,4)5/h9,11,15-16H,7-8H2,1-6H3. The predicted octanol–water partition coefficient (Wildman–Crippen LogP) is 2.74. The van der Waals surface area contributed by atoms with Crippen LogP contribution in [0.5, 0.6) is 0 Å². The average molecular weight is 319 g/mol. The molecule has 0 fully saturated rings. The number of aryl methyl sites for hydroxylation is 1. The second kappa shape index (κ2) is 6.56. The monoisotopic (exact) mass is 318 g/mol. The third-order valence-corrected chi connectivity index (χ3v) is 6.54. The molecule has 0 saturated carbocycles. The van der Waals surface area contributed by atoms with Gasteiger partial charge in [0.05, 0.1) is 0 Å². The van der Waals surface area contributed by atoms with Gasteiger partial charge < -0.3 is 5.32 Å². The normalized spacial score (nSPS) is 14.5. The SMILES string of the molecule is CNCc1scc(C)c1S(=O)(=O)NCC(C)C(C)(C)C. The van der Waals surface area contributed by atoms with E-state index in [0.29, 0.717) is 18.0 Å². The minimum absolute atomic E-state index is 0.0833. The molecule has 0 aliphatic heterocycles. The lowest BCUT2D eigenvalue weighted by atomic mass is 9.82. The van der Waals surface area contributed by atoms with E-state index in [1.807, 2.05) is 19.4 Å². The van der Waals surface area contributed by atoms with Crippen molar-refractivity contribution in [3.8, 4) is 0 Å². The van der Waals surface area contributed by atoms with Crippen molar-refractivity contribution in [1.29, 1.82) is 0 Å². The summed E-state index contributed by atoms with van der Waals surface area (Å²) in [4.78, 5) is 1.30. The van der Waals surface area contributed by atoms with Gasteiger partial charge in [-0.3, -0.25) is 0 Å². The van der Waals surface area contributed by atoms with Gasteiger partial charge in [-0.2, -0.15) is 0 Å². The zero-order valence-electron chi connectivity index (χ0n) is 13.2. The lowest BCUT2D eigenvalue weighted by Gasteiger charge is -2.27. The quantitative estimate of drug-likeness (QED) is 0.848. The first-order valence-electron chi connectivity index (χ1n) is 6.81. The molecule has 2 N–H and O–H groups in total. The molecule has 0 spiro atoms. The minimum atomic E-state index is -3.44. The van der Waals surface area contributed by atoms with E-state index in [2.05, 4.69) is 37.7 Å². The van der Waals surface area contributed by atoms with Crippen molar-refractivity contribution >= 4 is 21.4 Å². The summed E-state index contributed by atoms with van der Waals surface area (Å²) in [7, 11) is -1.62. The number of sulfonamides is 1. The first kappa shape index (κ1) is 17.6. The van der Waals surface area contributed by atoms with Crippen molar-refractivity contribution in [3.63, 3.8) is 0 Å². The summed E-state index contributed by atoms with van der Waals surface area (Å²) in [6.45, 7) is 11.3. The van der Waals surface area contributed by atoms with E-state index in [1.165, 1.54) is 11.3 Å². The van der Waals surface area contributed by atoms with Crippen molar-refractivity contribution in [2.24, 2.45) is 11.3 Å². The fourth-order valence-electron chi connectivity index (χ4n) is 1.74. The highest BCUT2D eigenvalue weighted by molar-refractivity contribution is 7.89. The van der Waals surface area contributed by atoms with Crippen LogP contribution in [0.15, 0.2) is 10.3 Å². The highest BCUT2D eigenvalue weighted by atomic mass is 32.2. The van der Waals surface area contributed by atoms with Gasteiger partial charge in [-0.25, -0.2) is 13.1 Å². The third-order valence-electron chi connectivity index (χ3n) is 3.65. The van der Waals surface area contributed by atoms with E-state index in [-0.39, 0.29) is 11.3 Å². The molecule has 0 aromatic carbocycles. The van der Waals surface area contributed by atoms with Gasteiger partial charge >= 0.3 is 0 Å². The van der Waals surface area contributed by atoms with Gasteiger partial charge in [0, 0.05) is 18.0 Å². The van der Waals surface area contributed by atoms with Crippen LogP contribution in [-0.2, 0) is 16.6 Å². The molecule has 116 valence electrons. The number of hydrogen-bond donors (Lipinski definition) is 2. The maximum atomic E-state index is 12.5. The van der Waals surface area contributed by atoms with Crippen LogP contribution in [0.25, 0.3) is 0 Å². The maximum absolute atomic E-state index is 12.5. The Balaban J connectivity index is 2.92. The Hall–Kier alpha value is -0.430.